The number of urea groups is 1. The smallest absolute Gasteiger partial charge is 0.317 e. The van der Waals surface area contributed by atoms with Crippen LogP contribution >= 0.6 is 0 Å². The third kappa shape index (κ3) is 3.73. The van der Waals surface area contributed by atoms with Crippen LogP contribution in [-0.2, 0) is 33.2 Å². The van der Waals surface area contributed by atoms with Crippen molar-refractivity contribution in [2.45, 2.75) is 32.6 Å². The van der Waals surface area contributed by atoms with Crippen LogP contribution in [0.1, 0.15) is 23.6 Å². The lowest BCUT2D eigenvalue weighted by Crippen LogP contribution is -2.34. The maximum absolute atomic E-state index is 11.7. The number of nitrogens with zero attached hydrogens (tertiary/aromatic N) is 6. The zero-order valence-corrected chi connectivity index (χ0v) is 16.7. The number of amides is 2. The van der Waals surface area contributed by atoms with Crippen LogP contribution in [-0.4, -0.2) is 55.8 Å². The maximum atomic E-state index is 11.7. The molecular formula is C20H27N7O. The van der Waals surface area contributed by atoms with Crippen LogP contribution in [0.3, 0.4) is 0 Å². The van der Waals surface area contributed by atoms with Gasteiger partial charge in [-0.1, -0.05) is 12.1 Å². The van der Waals surface area contributed by atoms with Gasteiger partial charge in [-0.25, -0.2) is 9.78 Å². The SMILES string of the molecule is CN(C)C(=O)NCc1cc2n(n1)CCCN(Cc1nc3ccccc3n1C)C2. The Bertz CT molecular complexity index is 988. The second kappa shape index (κ2) is 7.63. The number of aromatic nitrogens is 4. The first-order chi connectivity index (χ1) is 13.5. The minimum atomic E-state index is -0.105. The average molecular weight is 381 g/mol. The Morgan fingerprint density at radius 3 is 2.86 bits per heavy atom. The highest BCUT2D eigenvalue weighted by Gasteiger charge is 2.19. The number of carbonyl (C=O) groups is 1. The fraction of sp³-hybridized carbons (Fsp3) is 0.450. The van der Waals surface area contributed by atoms with Gasteiger partial charge in [-0.3, -0.25) is 9.58 Å². The van der Waals surface area contributed by atoms with E-state index in [4.69, 9.17) is 4.98 Å². The van der Waals surface area contributed by atoms with Crippen molar-refractivity contribution < 1.29 is 4.79 Å². The number of para-hydroxylation sites is 2. The number of hydrogen-bond acceptors (Lipinski definition) is 4. The first kappa shape index (κ1) is 18.5. The molecule has 3 heterocycles. The molecule has 1 N–H and O–H groups in total. The zero-order chi connectivity index (χ0) is 19.7. The van der Waals surface area contributed by atoms with Crippen LogP contribution in [0.2, 0.25) is 0 Å². The second-order valence-electron chi connectivity index (χ2n) is 7.54. The summed E-state index contributed by atoms with van der Waals surface area (Å²) in [6.45, 7) is 4.00. The summed E-state index contributed by atoms with van der Waals surface area (Å²) in [5.74, 6) is 1.08. The predicted molar refractivity (Wildman–Crippen MR) is 108 cm³/mol. The topological polar surface area (TPSA) is 71.2 Å². The zero-order valence-electron chi connectivity index (χ0n) is 16.7. The molecule has 0 fully saturated rings. The van der Waals surface area contributed by atoms with E-state index >= 15 is 0 Å². The van der Waals surface area contributed by atoms with Crippen LogP contribution in [0, 0.1) is 0 Å². The number of nitrogens with one attached hydrogen (secondary N) is 1. The Labute approximate surface area is 164 Å². The van der Waals surface area contributed by atoms with Crippen LogP contribution in [0.25, 0.3) is 11.0 Å². The summed E-state index contributed by atoms with van der Waals surface area (Å²) >= 11 is 0. The van der Waals surface area contributed by atoms with Gasteiger partial charge in [0, 0.05) is 40.8 Å². The van der Waals surface area contributed by atoms with Crippen LogP contribution in [0.4, 0.5) is 4.79 Å². The minimum absolute atomic E-state index is 0.105. The van der Waals surface area contributed by atoms with E-state index in [1.54, 1.807) is 14.1 Å². The number of aryl methyl sites for hydroxylation is 2. The molecule has 1 aliphatic heterocycles. The third-order valence-corrected chi connectivity index (χ3v) is 5.22. The van der Waals surface area contributed by atoms with Crippen molar-refractivity contribution in [1.29, 1.82) is 0 Å². The standard InChI is InChI=1S/C20H27N7O/c1-24(2)20(28)21-12-15-11-16-13-26(9-6-10-27(16)23-15)14-19-22-17-7-4-5-8-18(17)25(19)3/h4-5,7-8,11H,6,9-10,12-14H2,1-3H3,(H,21,28). The fourth-order valence-electron chi connectivity index (χ4n) is 3.67. The first-order valence-corrected chi connectivity index (χ1v) is 9.64. The van der Waals surface area contributed by atoms with Gasteiger partial charge in [0.2, 0.25) is 0 Å². The highest BCUT2D eigenvalue weighted by atomic mass is 16.2. The molecule has 28 heavy (non-hydrogen) atoms. The van der Waals surface area contributed by atoms with Gasteiger partial charge in [-0.05, 0) is 24.6 Å². The Hall–Kier alpha value is -2.87. The Morgan fingerprint density at radius 2 is 2.07 bits per heavy atom. The minimum Gasteiger partial charge on any atom is -0.332 e. The summed E-state index contributed by atoms with van der Waals surface area (Å²) in [5, 5.41) is 7.55. The molecule has 8 nitrogen and oxygen atoms in total. The molecule has 2 amide bonds. The van der Waals surface area contributed by atoms with Gasteiger partial charge >= 0.3 is 6.03 Å². The van der Waals surface area contributed by atoms with E-state index < -0.39 is 0 Å². The summed E-state index contributed by atoms with van der Waals surface area (Å²) < 4.78 is 4.26. The van der Waals surface area contributed by atoms with E-state index in [2.05, 4.69) is 55.9 Å². The van der Waals surface area contributed by atoms with Crippen molar-refractivity contribution in [1.82, 2.24) is 34.4 Å². The summed E-state index contributed by atoms with van der Waals surface area (Å²) in [7, 11) is 5.55. The third-order valence-electron chi connectivity index (χ3n) is 5.22. The molecule has 1 aliphatic rings. The molecular weight excluding hydrogens is 354 g/mol. The molecule has 0 unspecified atom stereocenters. The Morgan fingerprint density at radius 1 is 1.25 bits per heavy atom. The van der Waals surface area contributed by atoms with Gasteiger partial charge in [0.1, 0.15) is 5.82 Å². The van der Waals surface area contributed by atoms with E-state index in [0.717, 1.165) is 55.2 Å². The van der Waals surface area contributed by atoms with Gasteiger partial charge in [-0.15, -0.1) is 0 Å². The molecule has 0 atom stereocenters. The second-order valence-corrected chi connectivity index (χ2v) is 7.54. The molecule has 0 saturated carbocycles. The van der Waals surface area contributed by atoms with Gasteiger partial charge < -0.3 is 14.8 Å². The number of hydrogen-bond donors (Lipinski definition) is 1. The molecule has 4 rings (SSSR count). The van der Waals surface area contributed by atoms with Gasteiger partial charge in [0.15, 0.2) is 0 Å². The lowest BCUT2D eigenvalue weighted by molar-refractivity contribution is 0.217. The molecule has 148 valence electrons. The van der Waals surface area contributed by atoms with E-state index in [9.17, 15) is 4.79 Å². The number of benzene rings is 1. The van der Waals surface area contributed by atoms with E-state index in [-0.39, 0.29) is 6.03 Å². The Kier molecular flexibility index (Phi) is 5.04. The monoisotopic (exact) mass is 381 g/mol. The number of carbonyl (C=O) groups excluding carboxylic acids is 1. The molecule has 0 radical (unpaired) electrons. The number of rotatable bonds is 4. The van der Waals surface area contributed by atoms with Crippen molar-refractivity contribution in [2.24, 2.45) is 7.05 Å². The highest BCUT2D eigenvalue weighted by Crippen LogP contribution is 2.19. The summed E-state index contributed by atoms with van der Waals surface area (Å²) in [4.78, 5) is 20.5. The van der Waals surface area contributed by atoms with Gasteiger partial charge in [0.05, 0.1) is 35.5 Å². The molecule has 0 spiro atoms. The lowest BCUT2D eigenvalue weighted by Gasteiger charge is -2.19. The van der Waals surface area contributed by atoms with Crippen molar-refractivity contribution in [3.8, 4) is 0 Å². The molecule has 8 heteroatoms. The summed E-state index contributed by atoms with van der Waals surface area (Å²) in [5.41, 5.74) is 4.29. The van der Waals surface area contributed by atoms with Crippen molar-refractivity contribution in [3.63, 3.8) is 0 Å². The summed E-state index contributed by atoms with van der Waals surface area (Å²) in [6.07, 6.45) is 1.04. The van der Waals surface area contributed by atoms with Gasteiger partial charge in [0.25, 0.3) is 0 Å². The van der Waals surface area contributed by atoms with Crippen LogP contribution < -0.4 is 5.32 Å². The van der Waals surface area contributed by atoms with Crippen molar-refractivity contribution >= 4 is 17.1 Å². The van der Waals surface area contributed by atoms with Crippen LogP contribution in [0.5, 0.6) is 0 Å². The fourth-order valence-corrected chi connectivity index (χ4v) is 3.67. The van der Waals surface area contributed by atoms with Crippen LogP contribution in [0.15, 0.2) is 30.3 Å². The van der Waals surface area contributed by atoms with E-state index in [1.165, 1.54) is 10.6 Å². The number of imidazole rings is 1. The molecule has 2 aromatic heterocycles. The van der Waals surface area contributed by atoms with E-state index in [0.29, 0.717) is 6.54 Å². The predicted octanol–water partition coefficient (Wildman–Crippen LogP) is 1.95. The first-order valence-electron chi connectivity index (χ1n) is 9.64. The maximum Gasteiger partial charge on any atom is 0.317 e. The molecule has 0 aliphatic carbocycles. The van der Waals surface area contributed by atoms with Crippen molar-refractivity contribution in [2.75, 3.05) is 20.6 Å². The summed E-state index contributed by atoms with van der Waals surface area (Å²) in [6, 6.07) is 10.2. The quantitative estimate of drug-likeness (QED) is 0.750. The molecule has 0 saturated heterocycles. The normalized spacial score (nSPS) is 14.7. The molecule has 3 aromatic rings. The average Bonchev–Trinajstić information content (AvgIpc) is 3.14. The highest BCUT2D eigenvalue weighted by molar-refractivity contribution is 5.75. The molecule has 0 bridgehead atoms. The lowest BCUT2D eigenvalue weighted by atomic mass is 10.3. The number of fused-ring (bicyclic) bond motifs is 2. The van der Waals surface area contributed by atoms with E-state index in [1.807, 2.05) is 6.07 Å². The largest absolute Gasteiger partial charge is 0.332 e. The van der Waals surface area contributed by atoms with Gasteiger partial charge in [-0.2, -0.15) is 5.10 Å². The Balaban J connectivity index is 1.46. The van der Waals surface area contributed by atoms with Crippen molar-refractivity contribution in [3.05, 3.63) is 47.5 Å². The molecule has 1 aromatic carbocycles.